The second kappa shape index (κ2) is 7.59. The van der Waals surface area contributed by atoms with Gasteiger partial charge in [0.1, 0.15) is 0 Å². The van der Waals surface area contributed by atoms with E-state index in [2.05, 4.69) is 26.0 Å². The summed E-state index contributed by atoms with van der Waals surface area (Å²) >= 11 is 3.21. The predicted octanol–water partition coefficient (Wildman–Crippen LogP) is 0.192. The third kappa shape index (κ3) is 5.68. The Bertz CT molecular complexity index is 534. The molecule has 1 amide bonds. The zero-order valence-corrected chi connectivity index (χ0v) is 12.6. The first-order valence-corrected chi connectivity index (χ1v) is 7.95. The quantitative estimate of drug-likeness (QED) is 0.654. The van der Waals surface area contributed by atoms with Gasteiger partial charge >= 0.3 is 0 Å². The number of sulfonamides is 1. The summed E-state index contributed by atoms with van der Waals surface area (Å²) in [6.45, 7) is 0.790. The highest BCUT2D eigenvalue weighted by atomic mass is 79.9. The third-order valence-electron chi connectivity index (χ3n) is 2.22. The van der Waals surface area contributed by atoms with Crippen LogP contribution >= 0.6 is 15.9 Å². The number of hydrogen-bond donors (Lipinski definition) is 3. The van der Waals surface area contributed by atoms with Crippen LogP contribution in [0, 0.1) is 0 Å². The lowest BCUT2D eigenvalue weighted by atomic mass is 10.4. The molecule has 0 unspecified atom stereocenters. The highest BCUT2D eigenvalue weighted by Crippen LogP contribution is 2.15. The first-order valence-electron chi connectivity index (χ1n) is 5.67. The molecular formula is C11H16BrN3O3S. The van der Waals surface area contributed by atoms with Crippen molar-refractivity contribution >= 4 is 31.9 Å². The van der Waals surface area contributed by atoms with Gasteiger partial charge in [0.15, 0.2) is 0 Å². The van der Waals surface area contributed by atoms with Crippen LogP contribution < -0.4 is 15.8 Å². The molecule has 4 N–H and O–H groups in total. The van der Waals surface area contributed by atoms with Gasteiger partial charge in [-0.05, 0) is 18.2 Å². The van der Waals surface area contributed by atoms with E-state index in [4.69, 9.17) is 5.73 Å². The molecule has 0 aliphatic heterocycles. The van der Waals surface area contributed by atoms with Gasteiger partial charge in [-0.15, -0.1) is 0 Å². The van der Waals surface area contributed by atoms with E-state index in [0.29, 0.717) is 17.6 Å². The summed E-state index contributed by atoms with van der Waals surface area (Å²) in [5.41, 5.74) is 5.23. The minimum absolute atomic E-state index is 0.0469. The number of benzene rings is 1. The predicted molar refractivity (Wildman–Crippen MR) is 76.0 cm³/mol. The highest BCUT2D eigenvalue weighted by Gasteiger charge is 2.14. The van der Waals surface area contributed by atoms with Crippen LogP contribution in [0.4, 0.5) is 0 Å². The maximum Gasteiger partial charge on any atom is 0.240 e. The Hall–Kier alpha value is -0.960. The Balaban J connectivity index is 2.50. The maximum atomic E-state index is 11.9. The van der Waals surface area contributed by atoms with Crippen molar-refractivity contribution in [3.05, 3.63) is 28.7 Å². The Morgan fingerprint density at radius 1 is 1.32 bits per heavy atom. The summed E-state index contributed by atoms with van der Waals surface area (Å²) in [5, 5.41) is 2.56. The summed E-state index contributed by atoms with van der Waals surface area (Å²) < 4.78 is 26.8. The molecule has 8 heteroatoms. The molecule has 0 spiro atoms. The minimum atomic E-state index is -3.58. The van der Waals surface area contributed by atoms with Crippen LogP contribution in [-0.4, -0.2) is 34.0 Å². The van der Waals surface area contributed by atoms with Gasteiger partial charge in [-0.2, -0.15) is 0 Å². The van der Waals surface area contributed by atoms with E-state index in [1.807, 2.05) is 0 Å². The van der Waals surface area contributed by atoms with E-state index in [1.54, 1.807) is 12.1 Å². The van der Waals surface area contributed by atoms with Crippen LogP contribution in [0.25, 0.3) is 0 Å². The van der Waals surface area contributed by atoms with E-state index in [1.165, 1.54) is 12.1 Å². The van der Waals surface area contributed by atoms with Crippen molar-refractivity contribution in [2.45, 2.75) is 11.3 Å². The molecule has 1 aromatic carbocycles. The molecule has 0 radical (unpaired) electrons. The molecule has 6 nitrogen and oxygen atoms in total. The van der Waals surface area contributed by atoms with Gasteiger partial charge in [0.25, 0.3) is 0 Å². The van der Waals surface area contributed by atoms with Gasteiger partial charge in [0.05, 0.1) is 4.90 Å². The van der Waals surface area contributed by atoms with E-state index in [0.717, 1.165) is 0 Å². The van der Waals surface area contributed by atoms with Gasteiger partial charge in [0, 0.05) is 30.5 Å². The average Bonchev–Trinajstić information content (AvgIpc) is 2.36. The van der Waals surface area contributed by atoms with Crippen molar-refractivity contribution in [1.29, 1.82) is 0 Å². The van der Waals surface area contributed by atoms with Crippen molar-refractivity contribution < 1.29 is 13.2 Å². The molecule has 0 bridgehead atoms. The lowest BCUT2D eigenvalue weighted by molar-refractivity contribution is -0.120. The van der Waals surface area contributed by atoms with Crippen LogP contribution in [0.15, 0.2) is 33.6 Å². The molecule has 1 rings (SSSR count). The fraction of sp³-hybridized carbons (Fsp3) is 0.364. The molecule has 0 saturated carbocycles. The standard InChI is InChI=1S/C11H16BrN3O3S/c12-9-2-1-3-10(8-9)19(17,18)15-6-4-11(16)14-7-5-13/h1-3,8,15H,4-7,13H2,(H,14,16). The smallest absolute Gasteiger partial charge is 0.240 e. The normalized spacial score (nSPS) is 11.3. The molecule has 0 saturated heterocycles. The van der Waals surface area contributed by atoms with Gasteiger partial charge in [0.2, 0.25) is 15.9 Å². The van der Waals surface area contributed by atoms with E-state index in [9.17, 15) is 13.2 Å². The number of amides is 1. The Morgan fingerprint density at radius 3 is 2.68 bits per heavy atom. The van der Waals surface area contributed by atoms with Crippen LogP contribution in [0.3, 0.4) is 0 Å². The van der Waals surface area contributed by atoms with Gasteiger partial charge in [-0.1, -0.05) is 22.0 Å². The van der Waals surface area contributed by atoms with E-state index < -0.39 is 10.0 Å². The van der Waals surface area contributed by atoms with E-state index >= 15 is 0 Å². The highest BCUT2D eigenvalue weighted by molar-refractivity contribution is 9.10. The Kier molecular flexibility index (Phi) is 6.43. The summed E-state index contributed by atoms with van der Waals surface area (Å²) in [5.74, 6) is -0.234. The molecule has 0 aliphatic carbocycles. The number of rotatable bonds is 7. The molecule has 0 aromatic heterocycles. The van der Waals surface area contributed by atoms with Crippen molar-refractivity contribution in [3.8, 4) is 0 Å². The van der Waals surface area contributed by atoms with Crippen LogP contribution in [-0.2, 0) is 14.8 Å². The fourth-order valence-corrected chi connectivity index (χ4v) is 2.94. The molecule has 0 atom stereocenters. The Labute approximate surface area is 120 Å². The summed E-state index contributed by atoms with van der Waals surface area (Å²) in [6, 6.07) is 6.35. The van der Waals surface area contributed by atoms with E-state index in [-0.39, 0.29) is 23.8 Å². The van der Waals surface area contributed by atoms with Gasteiger partial charge in [-0.3, -0.25) is 4.79 Å². The van der Waals surface area contributed by atoms with Crippen LogP contribution in [0.5, 0.6) is 0 Å². The van der Waals surface area contributed by atoms with Gasteiger partial charge in [-0.25, -0.2) is 13.1 Å². The number of carbonyl (C=O) groups is 1. The summed E-state index contributed by atoms with van der Waals surface area (Å²) in [7, 11) is -3.58. The molecule has 0 aliphatic rings. The zero-order valence-electron chi connectivity index (χ0n) is 10.2. The number of halogens is 1. The zero-order chi connectivity index (χ0) is 14.3. The van der Waals surface area contributed by atoms with Crippen molar-refractivity contribution in [3.63, 3.8) is 0 Å². The van der Waals surface area contributed by atoms with Crippen molar-refractivity contribution in [2.24, 2.45) is 5.73 Å². The molecule has 19 heavy (non-hydrogen) atoms. The fourth-order valence-electron chi connectivity index (χ4n) is 1.32. The molecular weight excluding hydrogens is 334 g/mol. The maximum absolute atomic E-state index is 11.9. The largest absolute Gasteiger partial charge is 0.355 e. The number of nitrogens with one attached hydrogen (secondary N) is 2. The van der Waals surface area contributed by atoms with Gasteiger partial charge < -0.3 is 11.1 Å². The minimum Gasteiger partial charge on any atom is -0.355 e. The number of nitrogens with two attached hydrogens (primary N) is 1. The van der Waals surface area contributed by atoms with Crippen molar-refractivity contribution in [1.82, 2.24) is 10.0 Å². The lowest BCUT2D eigenvalue weighted by Gasteiger charge is -2.07. The molecule has 0 heterocycles. The van der Waals surface area contributed by atoms with Crippen LogP contribution in [0.1, 0.15) is 6.42 Å². The second-order valence-electron chi connectivity index (χ2n) is 3.74. The van der Waals surface area contributed by atoms with Crippen molar-refractivity contribution in [2.75, 3.05) is 19.6 Å². The first kappa shape index (κ1) is 16.1. The molecule has 106 valence electrons. The van der Waals surface area contributed by atoms with Crippen LogP contribution in [0.2, 0.25) is 0 Å². The first-order chi connectivity index (χ1) is 8.95. The topological polar surface area (TPSA) is 101 Å². The number of hydrogen-bond acceptors (Lipinski definition) is 4. The third-order valence-corrected chi connectivity index (χ3v) is 4.17. The number of carbonyl (C=O) groups excluding carboxylic acids is 1. The SMILES string of the molecule is NCCNC(=O)CCNS(=O)(=O)c1cccc(Br)c1. The Morgan fingerprint density at radius 2 is 2.05 bits per heavy atom. The molecule has 0 fully saturated rings. The average molecular weight is 350 g/mol. The lowest BCUT2D eigenvalue weighted by Crippen LogP contribution is -2.33. The monoisotopic (exact) mass is 349 g/mol. The summed E-state index contributed by atoms with van der Waals surface area (Å²) in [6.07, 6.45) is 0.0766. The second-order valence-corrected chi connectivity index (χ2v) is 6.43. The summed E-state index contributed by atoms with van der Waals surface area (Å²) in [4.78, 5) is 11.4. The molecule has 1 aromatic rings.